The number of amides is 1. The zero-order valence-corrected chi connectivity index (χ0v) is 8.91. The minimum atomic E-state index is -1.26. The highest BCUT2D eigenvalue weighted by atomic mass is 16.6. The summed E-state index contributed by atoms with van der Waals surface area (Å²) >= 11 is 0. The summed E-state index contributed by atoms with van der Waals surface area (Å²) in [7, 11) is 0. The SMILES string of the molecule is CC(C(=O)O)C(=O)Nc1cccc([N+](=O)[O-])c1. The van der Waals surface area contributed by atoms with Gasteiger partial charge in [0.05, 0.1) is 4.92 Å². The molecule has 0 saturated heterocycles. The maximum Gasteiger partial charge on any atom is 0.315 e. The zero-order valence-electron chi connectivity index (χ0n) is 8.91. The van der Waals surface area contributed by atoms with E-state index in [-0.39, 0.29) is 11.4 Å². The molecule has 0 saturated carbocycles. The highest BCUT2D eigenvalue weighted by Gasteiger charge is 2.20. The summed E-state index contributed by atoms with van der Waals surface area (Å²) in [5, 5.41) is 21.4. The number of nitro benzene ring substituents is 1. The monoisotopic (exact) mass is 238 g/mol. The van der Waals surface area contributed by atoms with Crippen LogP contribution >= 0.6 is 0 Å². The Morgan fingerprint density at radius 2 is 2.12 bits per heavy atom. The van der Waals surface area contributed by atoms with Gasteiger partial charge >= 0.3 is 5.97 Å². The molecule has 0 radical (unpaired) electrons. The normalized spacial score (nSPS) is 11.6. The van der Waals surface area contributed by atoms with Gasteiger partial charge in [0, 0.05) is 17.8 Å². The fraction of sp³-hybridized carbons (Fsp3) is 0.200. The van der Waals surface area contributed by atoms with Gasteiger partial charge in [-0.2, -0.15) is 0 Å². The third kappa shape index (κ3) is 3.26. The van der Waals surface area contributed by atoms with E-state index in [0.29, 0.717) is 0 Å². The number of benzene rings is 1. The van der Waals surface area contributed by atoms with E-state index in [1.165, 1.54) is 25.1 Å². The smallest absolute Gasteiger partial charge is 0.315 e. The standard InChI is InChI=1S/C10H10N2O5/c1-6(10(14)15)9(13)11-7-3-2-4-8(5-7)12(16)17/h2-6H,1H3,(H,11,13)(H,14,15). The molecule has 0 fully saturated rings. The molecule has 0 bridgehead atoms. The predicted octanol–water partition coefficient (Wildman–Crippen LogP) is 1.25. The summed E-state index contributed by atoms with van der Waals surface area (Å²) in [6.45, 7) is 1.23. The number of hydrogen-bond donors (Lipinski definition) is 2. The Kier molecular flexibility index (Phi) is 3.76. The van der Waals surface area contributed by atoms with Crippen molar-refractivity contribution in [3.63, 3.8) is 0 Å². The quantitative estimate of drug-likeness (QED) is 0.466. The van der Waals surface area contributed by atoms with Crippen LogP contribution in [-0.2, 0) is 9.59 Å². The molecular formula is C10H10N2O5. The van der Waals surface area contributed by atoms with E-state index in [9.17, 15) is 19.7 Å². The second-order valence-corrected chi connectivity index (χ2v) is 3.36. The lowest BCUT2D eigenvalue weighted by molar-refractivity contribution is -0.384. The number of anilines is 1. The number of carboxylic acid groups (broad SMARTS) is 1. The second-order valence-electron chi connectivity index (χ2n) is 3.36. The van der Waals surface area contributed by atoms with Crippen molar-refractivity contribution in [2.24, 2.45) is 5.92 Å². The molecule has 0 aliphatic heterocycles. The molecule has 90 valence electrons. The van der Waals surface area contributed by atoms with Crippen molar-refractivity contribution in [2.45, 2.75) is 6.92 Å². The Morgan fingerprint density at radius 1 is 1.47 bits per heavy atom. The molecule has 17 heavy (non-hydrogen) atoms. The molecule has 0 aliphatic rings. The fourth-order valence-corrected chi connectivity index (χ4v) is 1.06. The molecular weight excluding hydrogens is 228 g/mol. The average molecular weight is 238 g/mol. The fourth-order valence-electron chi connectivity index (χ4n) is 1.06. The molecule has 1 amide bonds. The van der Waals surface area contributed by atoms with Crippen molar-refractivity contribution in [1.29, 1.82) is 0 Å². The summed E-state index contributed by atoms with van der Waals surface area (Å²) in [4.78, 5) is 31.8. The van der Waals surface area contributed by atoms with Crippen LogP contribution in [0.4, 0.5) is 11.4 Å². The van der Waals surface area contributed by atoms with Crippen molar-refractivity contribution in [3.8, 4) is 0 Å². The molecule has 7 heteroatoms. The summed E-state index contributed by atoms with van der Waals surface area (Å²) in [6, 6.07) is 5.28. The molecule has 1 atom stereocenters. The van der Waals surface area contributed by atoms with Crippen LogP contribution in [-0.4, -0.2) is 21.9 Å². The van der Waals surface area contributed by atoms with E-state index in [1.807, 2.05) is 0 Å². The summed E-state index contributed by atoms with van der Waals surface area (Å²) in [5.41, 5.74) is 0.0167. The molecule has 1 unspecified atom stereocenters. The number of nitrogens with one attached hydrogen (secondary N) is 1. The van der Waals surface area contributed by atoms with Crippen LogP contribution in [0.1, 0.15) is 6.92 Å². The zero-order chi connectivity index (χ0) is 13.0. The molecule has 0 aliphatic carbocycles. The Labute approximate surface area is 96.2 Å². The molecule has 1 aromatic rings. The number of nitrogens with zero attached hydrogens (tertiary/aromatic N) is 1. The van der Waals surface area contributed by atoms with Crippen LogP contribution in [0.2, 0.25) is 0 Å². The minimum absolute atomic E-state index is 0.175. The largest absolute Gasteiger partial charge is 0.481 e. The molecule has 0 heterocycles. The second kappa shape index (κ2) is 5.06. The number of rotatable bonds is 4. The van der Waals surface area contributed by atoms with Gasteiger partial charge in [-0.05, 0) is 13.0 Å². The van der Waals surface area contributed by atoms with E-state index < -0.39 is 22.7 Å². The number of carboxylic acids is 1. The average Bonchev–Trinajstić information content (AvgIpc) is 2.28. The van der Waals surface area contributed by atoms with Gasteiger partial charge in [0.15, 0.2) is 0 Å². The predicted molar refractivity (Wildman–Crippen MR) is 58.5 cm³/mol. The molecule has 7 nitrogen and oxygen atoms in total. The first-order chi connectivity index (χ1) is 7.91. The van der Waals surface area contributed by atoms with E-state index in [2.05, 4.69) is 5.32 Å². The van der Waals surface area contributed by atoms with E-state index in [1.54, 1.807) is 0 Å². The van der Waals surface area contributed by atoms with Crippen LogP contribution in [0.15, 0.2) is 24.3 Å². The van der Waals surface area contributed by atoms with E-state index in [4.69, 9.17) is 5.11 Å². The van der Waals surface area contributed by atoms with Gasteiger partial charge in [-0.15, -0.1) is 0 Å². The van der Waals surface area contributed by atoms with Crippen molar-refractivity contribution in [2.75, 3.05) is 5.32 Å². The van der Waals surface area contributed by atoms with Crippen molar-refractivity contribution < 1.29 is 19.6 Å². The maximum absolute atomic E-state index is 11.4. The van der Waals surface area contributed by atoms with Gasteiger partial charge in [-0.25, -0.2) is 0 Å². The first kappa shape index (κ1) is 12.6. The Morgan fingerprint density at radius 3 is 2.65 bits per heavy atom. The first-order valence-corrected chi connectivity index (χ1v) is 4.70. The lowest BCUT2D eigenvalue weighted by Crippen LogP contribution is -2.26. The molecule has 0 spiro atoms. The van der Waals surface area contributed by atoms with Crippen molar-refractivity contribution in [3.05, 3.63) is 34.4 Å². The lowest BCUT2D eigenvalue weighted by atomic mass is 10.1. The Balaban J connectivity index is 2.82. The van der Waals surface area contributed by atoms with Crippen molar-refractivity contribution in [1.82, 2.24) is 0 Å². The van der Waals surface area contributed by atoms with Crippen LogP contribution in [0.5, 0.6) is 0 Å². The van der Waals surface area contributed by atoms with E-state index >= 15 is 0 Å². The van der Waals surface area contributed by atoms with Crippen molar-refractivity contribution >= 4 is 23.3 Å². The van der Waals surface area contributed by atoms with E-state index in [0.717, 1.165) is 6.07 Å². The van der Waals surface area contributed by atoms with Gasteiger partial charge in [-0.1, -0.05) is 6.07 Å². The van der Waals surface area contributed by atoms with Gasteiger partial charge < -0.3 is 10.4 Å². The highest BCUT2D eigenvalue weighted by Crippen LogP contribution is 2.17. The lowest BCUT2D eigenvalue weighted by Gasteiger charge is -2.07. The molecule has 1 rings (SSSR count). The third-order valence-corrected chi connectivity index (χ3v) is 2.09. The molecule has 2 N–H and O–H groups in total. The number of non-ortho nitro benzene ring substituents is 1. The summed E-state index contributed by atoms with van der Waals surface area (Å²) < 4.78 is 0. The summed E-state index contributed by atoms with van der Waals surface area (Å²) in [6.07, 6.45) is 0. The number of carbonyl (C=O) groups excluding carboxylic acids is 1. The van der Waals surface area contributed by atoms with Crippen LogP contribution in [0.3, 0.4) is 0 Å². The molecule has 1 aromatic carbocycles. The highest BCUT2D eigenvalue weighted by molar-refractivity contribution is 6.03. The number of hydrogen-bond acceptors (Lipinski definition) is 4. The Bertz CT molecular complexity index is 472. The van der Waals surface area contributed by atoms with Gasteiger partial charge in [-0.3, -0.25) is 19.7 Å². The number of nitro groups is 1. The molecule has 0 aromatic heterocycles. The third-order valence-electron chi connectivity index (χ3n) is 2.09. The van der Waals surface area contributed by atoms with Gasteiger partial charge in [0.1, 0.15) is 5.92 Å². The van der Waals surface area contributed by atoms with Crippen LogP contribution in [0.25, 0.3) is 0 Å². The van der Waals surface area contributed by atoms with Crippen LogP contribution < -0.4 is 5.32 Å². The topological polar surface area (TPSA) is 110 Å². The maximum atomic E-state index is 11.4. The van der Waals surface area contributed by atoms with Gasteiger partial charge in [0.25, 0.3) is 5.69 Å². The Hall–Kier alpha value is -2.44. The van der Waals surface area contributed by atoms with Gasteiger partial charge in [0.2, 0.25) is 5.91 Å². The van der Waals surface area contributed by atoms with Crippen LogP contribution in [0, 0.1) is 16.0 Å². The minimum Gasteiger partial charge on any atom is -0.481 e. The first-order valence-electron chi connectivity index (χ1n) is 4.70. The number of aliphatic carboxylic acids is 1. The summed E-state index contributed by atoms with van der Waals surface area (Å²) in [5.74, 6) is -3.19. The number of carbonyl (C=O) groups is 2.